The monoisotopic (exact) mass is 386 g/mol. The molecule has 0 saturated heterocycles. The number of guanidine groups is 1. The molecule has 1 aliphatic rings. The van der Waals surface area contributed by atoms with Crippen LogP contribution in [0.4, 0.5) is 5.69 Å². The van der Waals surface area contributed by atoms with Crippen molar-refractivity contribution in [2.45, 2.75) is 26.3 Å². The number of benzene rings is 2. The molecule has 27 heavy (non-hydrogen) atoms. The maximum Gasteiger partial charge on any atom is 0.211 e. The molecule has 2 aromatic carbocycles. The van der Waals surface area contributed by atoms with Gasteiger partial charge in [-0.2, -0.15) is 0 Å². The molecule has 0 amide bonds. The van der Waals surface area contributed by atoms with Crippen LogP contribution in [-0.2, 0) is 23.0 Å². The van der Waals surface area contributed by atoms with Crippen molar-refractivity contribution in [1.82, 2.24) is 10.0 Å². The van der Waals surface area contributed by atoms with Crippen molar-refractivity contribution in [1.29, 1.82) is 0 Å². The Morgan fingerprint density at radius 3 is 2.22 bits per heavy atom. The molecule has 2 aromatic rings. The Labute approximate surface area is 161 Å². The zero-order chi connectivity index (χ0) is 19.1. The van der Waals surface area contributed by atoms with Crippen LogP contribution in [0.2, 0.25) is 0 Å². The van der Waals surface area contributed by atoms with Crippen LogP contribution in [-0.4, -0.2) is 33.2 Å². The van der Waals surface area contributed by atoms with Crippen LogP contribution in [0, 0.1) is 0 Å². The highest BCUT2D eigenvalue weighted by Crippen LogP contribution is 2.15. The highest BCUT2D eigenvalue weighted by atomic mass is 32.2. The van der Waals surface area contributed by atoms with Crippen LogP contribution in [0.5, 0.6) is 0 Å². The van der Waals surface area contributed by atoms with E-state index in [1.54, 1.807) is 0 Å². The SMILES string of the molecule is CCCS(=O)(=O)NCc1ccc(Cc2ccc(NC3=NCCN3)cc2)cc1. The quantitative estimate of drug-likeness (QED) is 0.651. The average molecular weight is 387 g/mol. The summed E-state index contributed by atoms with van der Waals surface area (Å²) in [7, 11) is -3.17. The Morgan fingerprint density at radius 2 is 1.63 bits per heavy atom. The zero-order valence-electron chi connectivity index (χ0n) is 15.5. The second kappa shape index (κ2) is 9.01. The maximum atomic E-state index is 11.7. The Morgan fingerprint density at radius 1 is 1.00 bits per heavy atom. The largest absolute Gasteiger partial charge is 0.354 e. The predicted molar refractivity (Wildman–Crippen MR) is 111 cm³/mol. The van der Waals surface area contributed by atoms with Crippen molar-refractivity contribution in [2.24, 2.45) is 4.99 Å². The van der Waals surface area contributed by atoms with Crippen LogP contribution >= 0.6 is 0 Å². The van der Waals surface area contributed by atoms with Gasteiger partial charge in [-0.15, -0.1) is 0 Å². The molecule has 0 aliphatic carbocycles. The lowest BCUT2D eigenvalue weighted by Gasteiger charge is -2.09. The number of aliphatic imine (C=N–C) groups is 1. The van der Waals surface area contributed by atoms with E-state index in [1.807, 2.05) is 31.2 Å². The molecular weight excluding hydrogens is 360 g/mol. The average Bonchev–Trinajstić information content (AvgIpc) is 3.16. The van der Waals surface area contributed by atoms with Gasteiger partial charge in [0.2, 0.25) is 10.0 Å². The molecule has 1 aliphatic heterocycles. The second-order valence-corrected chi connectivity index (χ2v) is 8.54. The number of anilines is 1. The van der Waals surface area contributed by atoms with Gasteiger partial charge in [0.05, 0.1) is 12.3 Å². The van der Waals surface area contributed by atoms with Crippen LogP contribution < -0.4 is 15.4 Å². The molecule has 3 rings (SSSR count). The highest BCUT2D eigenvalue weighted by molar-refractivity contribution is 7.89. The van der Waals surface area contributed by atoms with Gasteiger partial charge in [-0.25, -0.2) is 13.1 Å². The molecule has 0 aromatic heterocycles. The van der Waals surface area contributed by atoms with Crippen molar-refractivity contribution in [2.75, 3.05) is 24.2 Å². The molecule has 0 radical (unpaired) electrons. The van der Waals surface area contributed by atoms with Crippen LogP contribution in [0.3, 0.4) is 0 Å². The molecule has 0 fully saturated rings. The lowest BCUT2D eigenvalue weighted by Crippen LogP contribution is -2.26. The number of hydrogen-bond acceptors (Lipinski definition) is 5. The summed E-state index contributed by atoms with van der Waals surface area (Å²) in [5.74, 6) is 0.993. The topological polar surface area (TPSA) is 82.6 Å². The first kappa shape index (κ1) is 19.4. The van der Waals surface area contributed by atoms with E-state index >= 15 is 0 Å². The molecule has 0 spiro atoms. The Kier molecular flexibility index (Phi) is 6.47. The molecule has 0 saturated carbocycles. The Hall–Kier alpha value is -2.38. The van der Waals surface area contributed by atoms with Crippen LogP contribution in [0.15, 0.2) is 53.5 Å². The van der Waals surface area contributed by atoms with E-state index in [0.29, 0.717) is 13.0 Å². The smallest absolute Gasteiger partial charge is 0.211 e. The third-order valence-electron chi connectivity index (χ3n) is 4.29. The van der Waals surface area contributed by atoms with Gasteiger partial charge in [0.1, 0.15) is 0 Å². The summed E-state index contributed by atoms with van der Waals surface area (Å²) < 4.78 is 26.1. The minimum Gasteiger partial charge on any atom is -0.354 e. The first-order valence-electron chi connectivity index (χ1n) is 9.23. The summed E-state index contributed by atoms with van der Waals surface area (Å²) in [6.07, 6.45) is 1.45. The van der Waals surface area contributed by atoms with Gasteiger partial charge in [0.15, 0.2) is 5.96 Å². The lowest BCUT2D eigenvalue weighted by molar-refractivity contribution is 0.580. The fourth-order valence-electron chi connectivity index (χ4n) is 2.87. The molecule has 0 unspecified atom stereocenters. The van der Waals surface area contributed by atoms with Crippen molar-refractivity contribution < 1.29 is 8.42 Å². The van der Waals surface area contributed by atoms with Gasteiger partial charge in [-0.3, -0.25) is 4.99 Å². The van der Waals surface area contributed by atoms with E-state index in [-0.39, 0.29) is 5.75 Å². The summed E-state index contributed by atoms with van der Waals surface area (Å²) in [4.78, 5) is 4.32. The van der Waals surface area contributed by atoms with E-state index in [4.69, 9.17) is 0 Å². The van der Waals surface area contributed by atoms with E-state index in [1.165, 1.54) is 11.1 Å². The molecule has 0 atom stereocenters. The fourth-order valence-corrected chi connectivity index (χ4v) is 3.94. The first-order valence-corrected chi connectivity index (χ1v) is 10.9. The Balaban J connectivity index is 1.53. The molecule has 6 nitrogen and oxygen atoms in total. The van der Waals surface area contributed by atoms with Gasteiger partial charge >= 0.3 is 0 Å². The number of nitrogens with one attached hydrogen (secondary N) is 3. The third kappa shape index (κ3) is 6.08. The van der Waals surface area contributed by atoms with Crippen LogP contribution in [0.25, 0.3) is 0 Å². The van der Waals surface area contributed by atoms with Crippen molar-refractivity contribution in [3.63, 3.8) is 0 Å². The van der Waals surface area contributed by atoms with Gasteiger partial charge < -0.3 is 10.6 Å². The van der Waals surface area contributed by atoms with Gasteiger partial charge in [-0.1, -0.05) is 43.3 Å². The molecule has 0 bridgehead atoms. The third-order valence-corrected chi connectivity index (χ3v) is 5.82. The maximum absolute atomic E-state index is 11.7. The van der Waals surface area contributed by atoms with E-state index < -0.39 is 10.0 Å². The van der Waals surface area contributed by atoms with Gasteiger partial charge in [0.25, 0.3) is 0 Å². The van der Waals surface area contributed by atoms with E-state index in [2.05, 4.69) is 44.6 Å². The molecule has 144 valence electrons. The minimum absolute atomic E-state index is 0.166. The summed E-state index contributed by atoms with van der Waals surface area (Å²) in [6.45, 7) is 3.89. The van der Waals surface area contributed by atoms with Crippen LogP contribution in [0.1, 0.15) is 30.0 Å². The molecular formula is C20H26N4O2S. The van der Waals surface area contributed by atoms with Gasteiger partial charge in [0, 0.05) is 18.8 Å². The zero-order valence-corrected chi connectivity index (χ0v) is 16.3. The van der Waals surface area contributed by atoms with Crippen molar-refractivity contribution in [3.8, 4) is 0 Å². The standard InChI is InChI=1S/C20H26N4O2S/c1-2-13-27(25,26)23-15-18-5-3-16(4-6-18)14-17-7-9-19(10-8-17)24-20-21-11-12-22-20/h3-10,23H,2,11-15H2,1H3,(H2,21,22,24). The summed E-state index contributed by atoms with van der Waals surface area (Å²) in [6, 6.07) is 16.4. The van der Waals surface area contributed by atoms with E-state index in [9.17, 15) is 8.42 Å². The lowest BCUT2D eigenvalue weighted by atomic mass is 10.0. The number of nitrogens with zero attached hydrogens (tertiary/aromatic N) is 1. The van der Waals surface area contributed by atoms with Crippen molar-refractivity contribution in [3.05, 3.63) is 65.2 Å². The highest BCUT2D eigenvalue weighted by Gasteiger charge is 2.08. The van der Waals surface area contributed by atoms with E-state index in [0.717, 1.165) is 36.7 Å². The number of rotatable bonds is 8. The Bertz CT molecular complexity index is 875. The fraction of sp³-hybridized carbons (Fsp3) is 0.350. The second-order valence-electron chi connectivity index (χ2n) is 6.61. The number of sulfonamides is 1. The predicted octanol–water partition coefficient (Wildman–Crippen LogP) is 2.48. The minimum atomic E-state index is -3.17. The summed E-state index contributed by atoms with van der Waals surface area (Å²) in [5.41, 5.74) is 4.39. The molecule has 3 N–H and O–H groups in total. The number of hydrogen-bond donors (Lipinski definition) is 3. The van der Waals surface area contributed by atoms with Gasteiger partial charge in [-0.05, 0) is 41.7 Å². The molecule has 1 heterocycles. The van der Waals surface area contributed by atoms with Crippen molar-refractivity contribution >= 4 is 21.7 Å². The normalized spacial score (nSPS) is 13.9. The first-order chi connectivity index (χ1) is 13.0. The summed E-state index contributed by atoms with van der Waals surface area (Å²) >= 11 is 0. The summed E-state index contributed by atoms with van der Waals surface area (Å²) in [5, 5.41) is 6.44. The molecule has 7 heteroatoms.